The number of nitrogens with zero attached hydrogens (tertiary/aromatic N) is 1. The van der Waals surface area contributed by atoms with Crippen LogP contribution in [0.3, 0.4) is 0 Å². The topological polar surface area (TPSA) is 69.6 Å². The lowest BCUT2D eigenvalue weighted by Gasteiger charge is -2.23. The van der Waals surface area contributed by atoms with Crippen molar-refractivity contribution in [1.29, 1.82) is 0 Å². The van der Waals surface area contributed by atoms with Crippen molar-refractivity contribution in [3.8, 4) is 0 Å². The van der Waals surface area contributed by atoms with Crippen LogP contribution in [0.25, 0.3) is 0 Å². The summed E-state index contributed by atoms with van der Waals surface area (Å²) in [6.45, 7) is 3.89. The molecule has 1 rings (SSSR count). The zero-order valence-corrected chi connectivity index (χ0v) is 12.7. The molecule has 0 aliphatic rings. The first-order chi connectivity index (χ1) is 8.70. The van der Waals surface area contributed by atoms with Crippen molar-refractivity contribution >= 4 is 15.7 Å². The Hall–Kier alpha value is -1.11. The van der Waals surface area contributed by atoms with E-state index < -0.39 is 15.6 Å². The summed E-state index contributed by atoms with van der Waals surface area (Å²) in [6.07, 6.45) is 0.586. The molecule has 19 heavy (non-hydrogen) atoms. The van der Waals surface area contributed by atoms with Crippen LogP contribution in [0.2, 0.25) is 0 Å². The Balaban J connectivity index is 3.05. The molecule has 108 valence electrons. The van der Waals surface area contributed by atoms with Gasteiger partial charge in [-0.1, -0.05) is 19.1 Å². The van der Waals surface area contributed by atoms with Crippen LogP contribution in [0.4, 0.5) is 5.69 Å². The third-order valence-corrected chi connectivity index (χ3v) is 4.94. The van der Waals surface area contributed by atoms with Crippen molar-refractivity contribution < 1.29 is 13.5 Å². The van der Waals surface area contributed by atoms with Gasteiger partial charge in [0, 0.05) is 20.6 Å². The number of nitrogens with one attached hydrogen (secondary N) is 1. The Morgan fingerprint density at radius 2 is 1.89 bits per heavy atom. The van der Waals surface area contributed by atoms with E-state index in [0.717, 1.165) is 0 Å². The predicted molar refractivity (Wildman–Crippen MR) is 76.7 cm³/mol. The summed E-state index contributed by atoms with van der Waals surface area (Å²) in [5.74, 6) is 0. The number of sulfonamides is 1. The molecule has 0 heterocycles. The SMILES string of the molecule is CCC(C)(O)CNc1ccccc1S(=O)(=O)N(C)C. The maximum atomic E-state index is 12.2. The lowest BCUT2D eigenvalue weighted by molar-refractivity contribution is 0.0697. The Morgan fingerprint density at radius 1 is 1.32 bits per heavy atom. The van der Waals surface area contributed by atoms with Crippen LogP contribution >= 0.6 is 0 Å². The summed E-state index contributed by atoms with van der Waals surface area (Å²) in [4.78, 5) is 0.215. The van der Waals surface area contributed by atoms with Gasteiger partial charge in [-0.15, -0.1) is 0 Å². The van der Waals surface area contributed by atoms with E-state index in [1.54, 1.807) is 31.2 Å². The molecule has 1 aromatic rings. The van der Waals surface area contributed by atoms with Gasteiger partial charge >= 0.3 is 0 Å². The minimum atomic E-state index is -3.49. The smallest absolute Gasteiger partial charge is 0.244 e. The number of benzene rings is 1. The highest BCUT2D eigenvalue weighted by Crippen LogP contribution is 2.24. The Bertz CT molecular complexity index is 524. The number of anilines is 1. The largest absolute Gasteiger partial charge is 0.388 e. The van der Waals surface area contributed by atoms with E-state index in [4.69, 9.17) is 0 Å². The zero-order chi connectivity index (χ0) is 14.7. The quantitative estimate of drug-likeness (QED) is 0.831. The van der Waals surface area contributed by atoms with Gasteiger partial charge in [0.25, 0.3) is 0 Å². The number of hydrogen-bond donors (Lipinski definition) is 2. The van der Waals surface area contributed by atoms with Gasteiger partial charge in [0.15, 0.2) is 0 Å². The molecule has 6 heteroatoms. The molecule has 0 aliphatic carbocycles. The number of hydrogen-bond acceptors (Lipinski definition) is 4. The third kappa shape index (κ3) is 3.92. The molecule has 1 unspecified atom stereocenters. The van der Waals surface area contributed by atoms with Crippen LogP contribution in [-0.2, 0) is 10.0 Å². The van der Waals surface area contributed by atoms with Crippen molar-refractivity contribution in [2.75, 3.05) is 26.0 Å². The highest BCUT2D eigenvalue weighted by atomic mass is 32.2. The highest BCUT2D eigenvalue weighted by molar-refractivity contribution is 7.89. The Morgan fingerprint density at radius 3 is 2.42 bits per heavy atom. The summed E-state index contributed by atoms with van der Waals surface area (Å²) in [6, 6.07) is 6.69. The normalized spacial score (nSPS) is 15.3. The van der Waals surface area contributed by atoms with Crippen LogP contribution < -0.4 is 5.32 Å². The van der Waals surface area contributed by atoms with Gasteiger partial charge in [-0.3, -0.25) is 0 Å². The average molecular weight is 286 g/mol. The average Bonchev–Trinajstić information content (AvgIpc) is 2.36. The molecule has 1 aromatic carbocycles. The van der Waals surface area contributed by atoms with Crippen molar-refractivity contribution in [3.05, 3.63) is 24.3 Å². The van der Waals surface area contributed by atoms with Gasteiger partial charge in [0.1, 0.15) is 4.90 Å². The molecule has 0 bridgehead atoms. The molecule has 0 amide bonds. The Labute approximate surface area is 115 Å². The second-order valence-corrected chi connectivity index (χ2v) is 7.11. The fourth-order valence-corrected chi connectivity index (χ4v) is 2.51. The fourth-order valence-electron chi connectivity index (χ4n) is 1.44. The van der Waals surface area contributed by atoms with Crippen LogP contribution in [0.5, 0.6) is 0 Å². The maximum Gasteiger partial charge on any atom is 0.244 e. The molecular weight excluding hydrogens is 264 g/mol. The first-order valence-corrected chi connectivity index (χ1v) is 7.62. The van der Waals surface area contributed by atoms with E-state index in [2.05, 4.69) is 5.32 Å². The molecule has 0 saturated carbocycles. The van der Waals surface area contributed by atoms with E-state index in [1.165, 1.54) is 18.4 Å². The van der Waals surface area contributed by atoms with Crippen molar-refractivity contribution in [2.24, 2.45) is 0 Å². The van der Waals surface area contributed by atoms with E-state index in [9.17, 15) is 13.5 Å². The van der Waals surface area contributed by atoms with E-state index in [1.807, 2.05) is 6.92 Å². The van der Waals surface area contributed by atoms with Crippen molar-refractivity contribution in [3.63, 3.8) is 0 Å². The van der Waals surface area contributed by atoms with Crippen molar-refractivity contribution in [1.82, 2.24) is 4.31 Å². The molecule has 0 spiro atoms. The molecule has 0 saturated heterocycles. The van der Waals surface area contributed by atoms with Crippen LogP contribution in [0, 0.1) is 0 Å². The van der Waals surface area contributed by atoms with Gasteiger partial charge < -0.3 is 10.4 Å². The second kappa shape index (κ2) is 5.90. The maximum absolute atomic E-state index is 12.2. The highest BCUT2D eigenvalue weighted by Gasteiger charge is 2.23. The standard InChI is InChI=1S/C13H22N2O3S/c1-5-13(2,16)10-14-11-8-6-7-9-12(11)19(17,18)15(3)4/h6-9,14,16H,5,10H2,1-4H3. The minimum absolute atomic E-state index is 0.215. The molecular formula is C13H22N2O3S. The monoisotopic (exact) mass is 286 g/mol. The number of rotatable bonds is 6. The van der Waals surface area contributed by atoms with Crippen LogP contribution in [0.1, 0.15) is 20.3 Å². The molecule has 2 N–H and O–H groups in total. The lowest BCUT2D eigenvalue weighted by atomic mass is 10.0. The summed E-state index contributed by atoms with van der Waals surface area (Å²) in [7, 11) is -0.504. The van der Waals surface area contributed by atoms with Gasteiger partial charge in [-0.25, -0.2) is 12.7 Å². The number of aliphatic hydroxyl groups is 1. The summed E-state index contributed by atoms with van der Waals surface area (Å²) in [5, 5.41) is 13.0. The lowest BCUT2D eigenvalue weighted by Crippen LogP contribution is -2.33. The molecule has 0 fully saturated rings. The fraction of sp³-hybridized carbons (Fsp3) is 0.538. The first-order valence-electron chi connectivity index (χ1n) is 6.18. The summed E-state index contributed by atoms with van der Waals surface area (Å²) in [5.41, 5.74) is -0.362. The van der Waals surface area contributed by atoms with Crippen LogP contribution in [0.15, 0.2) is 29.2 Å². The molecule has 1 atom stereocenters. The van der Waals surface area contributed by atoms with Crippen molar-refractivity contribution in [2.45, 2.75) is 30.8 Å². The molecule has 0 radical (unpaired) electrons. The third-order valence-electron chi connectivity index (χ3n) is 3.07. The second-order valence-electron chi connectivity index (χ2n) is 4.99. The number of para-hydroxylation sites is 1. The van der Waals surface area contributed by atoms with Crippen LogP contribution in [-0.4, -0.2) is 44.1 Å². The molecule has 5 nitrogen and oxygen atoms in total. The molecule has 0 aliphatic heterocycles. The van der Waals surface area contributed by atoms with Gasteiger partial charge in [0.2, 0.25) is 10.0 Å². The molecule has 0 aromatic heterocycles. The van der Waals surface area contributed by atoms with Gasteiger partial charge in [0.05, 0.1) is 11.3 Å². The first kappa shape index (κ1) is 15.9. The zero-order valence-electron chi connectivity index (χ0n) is 11.8. The minimum Gasteiger partial charge on any atom is -0.388 e. The summed E-state index contributed by atoms with van der Waals surface area (Å²) >= 11 is 0. The van der Waals surface area contributed by atoms with Gasteiger partial charge in [-0.05, 0) is 25.5 Å². The summed E-state index contributed by atoms with van der Waals surface area (Å²) < 4.78 is 25.5. The predicted octanol–water partition coefficient (Wildman–Crippen LogP) is 1.51. The van der Waals surface area contributed by atoms with E-state index >= 15 is 0 Å². The van der Waals surface area contributed by atoms with Gasteiger partial charge in [-0.2, -0.15) is 0 Å². The van der Waals surface area contributed by atoms with E-state index in [0.29, 0.717) is 18.7 Å². The van der Waals surface area contributed by atoms with E-state index in [-0.39, 0.29) is 4.90 Å². The Kier molecular flexibility index (Phi) is 4.95.